The average molecular weight is 270 g/mol. The van der Waals surface area contributed by atoms with Crippen molar-refractivity contribution in [2.45, 2.75) is 13.5 Å². The van der Waals surface area contributed by atoms with Crippen LogP contribution in [0.15, 0.2) is 55.2 Å². The normalized spacial score (nSPS) is 10.3. The molecule has 0 heterocycles. The minimum absolute atomic E-state index is 0.217. The molecule has 0 atom stereocenters. The second kappa shape index (κ2) is 6.35. The average Bonchev–Trinajstić information content (AvgIpc) is 2.47. The van der Waals surface area contributed by atoms with Crippen molar-refractivity contribution >= 4 is 0 Å². The van der Waals surface area contributed by atoms with E-state index in [-0.39, 0.29) is 5.82 Å². The molecule has 0 aliphatic heterocycles. The van der Waals surface area contributed by atoms with Gasteiger partial charge < -0.3 is 5.01 Å². The van der Waals surface area contributed by atoms with Crippen molar-refractivity contribution in [2.24, 2.45) is 0 Å². The van der Waals surface area contributed by atoms with Crippen LogP contribution in [0.2, 0.25) is 0 Å². The number of hydrogen-bond donors (Lipinski definition) is 1. The summed E-state index contributed by atoms with van der Waals surface area (Å²) >= 11 is 0. The highest BCUT2D eigenvalue weighted by atomic mass is 19.1. The predicted octanol–water partition coefficient (Wildman–Crippen LogP) is 3.88. The number of benzene rings is 2. The molecule has 2 rings (SSSR count). The molecular formula is C17H19FN2. The molecule has 20 heavy (non-hydrogen) atoms. The van der Waals surface area contributed by atoms with Crippen LogP contribution in [0, 0.1) is 12.7 Å². The molecule has 0 aliphatic carbocycles. The lowest BCUT2D eigenvalue weighted by Gasteiger charge is -2.20. The summed E-state index contributed by atoms with van der Waals surface area (Å²) in [4.78, 5) is 0. The topological polar surface area (TPSA) is 15.3 Å². The Morgan fingerprint density at radius 1 is 1.20 bits per heavy atom. The number of hydrogen-bond acceptors (Lipinski definition) is 2. The minimum Gasteiger partial charge on any atom is -0.312 e. The molecule has 0 radical (unpaired) electrons. The number of aryl methyl sites for hydroxylation is 1. The van der Waals surface area contributed by atoms with Gasteiger partial charge in [0, 0.05) is 13.2 Å². The maximum absolute atomic E-state index is 13.1. The van der Waals surface area contributed by atoms with Gasteiger partial charge in [0.05, 0.1) is 6.54 Å². The Hall–Kier alpha value is -2.13. The van der Waals surface area contributed by atoms with E-state index in [1.807, 2.05) is 24.2 Å². The summed E-state index contributed by atoms with van der Waals surface area (Å²) in [6.07, 6.45) is 1.74. The zero-order chi connectivity index (χ0) is 14.5. The van der Waals surface area contributed by atoms with Gasteiger partial charge in [0.1, 0.15) is 5.82 Å². The van der Waals surface area contributed by atoms with Crippen molar-refractivity contribution in [2.75, 3.05) is 7.05 Å². The van der Waals surface area contributed by atoms with E-state index in [1.54, 1.807) is 6.20 Å². The molecular weight excluding hydrogens is 251 g/mol. The maximum atomic E-state index is 13.1. The van der Waals surface area contributed by atoms with E-state index in [0.29, 0.717) is 6.54 Å². The first kappa shape index (κ1) is 14.3. The van der Waals surface area contributed by atoms with Gasteiger partial charge in [-0.2, -0.15) is 0 Å². The lowest BCUT2D eigenvalue weighted by molar-refractivity contribution is 0.292. The lowest BCUT2D eigenvalue weighted by atomic mass is 9.97. The summed E-state index contributed by atoms with van der Waals surface area (Å²) in [6, 6.07) is 12.9. The molecule has 0 saturated heterocycles. The summed E-state index contributed by atoms with van der Waals surface area (Å²) in [5.74, 6) is -0.217. The molecule has 0 spiro atoms. The molecule has 2 nitrogen and oxygen atoms in total. The molecule has 0 aliphatic rings. The van der Waals surface area contributed by atoms with Gasteiger partial charge >= 0.3 is 0 Å². The Labute approximate surface area is 119 Å². The second-order valence-corrected chi connectivity index (χ2v) is 4.70. The Morgan fingerprint density at radius 2 is 1.90 bits per heavy atom. The monoisotopic (exact) mass is 270 g/mol. The summed E-state index contributed by atoms with van der Waals surface area (Å²) in [5.41, 5.74) is 7.54. The Balaban J connectivity index is 2.42. The summed E-state index contributed by atoms with van der Waals surface area (Å²) < 4.78 is 13.1. The smallest absolute Gasteiger partial charge is 0.123 e. The van der Waals surface area contributed by atoms with Gasteiger partial charge in [-0.15, -0.1) is 0 Å². The van der Waals surface area contributed by atoms with Crippen molar-refractivity contribution in [3.8, 4) is 11.1 Å². The first-order valence-electron chi connectivity index (χ1n) is 6.56. The number of halogens is 1. The van der Waals surface area contributed by atoms with Crippen molar-refractivity contribution in [1.29, 1.82) is 0 Å². The maximum Gasteiger partial charge on any atom is 0.123 e. The lowest BCUT2D eigenvalue weighted by Crippen LogP contribution is -2.28. The van der Waals surface area contributed by atoms with Crippen molar-refractivity contribution in [1.82, 2.24) is 10.4 Å². The van der Waals surface area contributed by atoms with E-state index in [4.69, 9.17) is 0 Å². The number of hydrazine groups is 1. The van der Waals surface area contributed by atoms with Crippen LogP contribution >= 0.6 is 0 Å². The zero-order valence-electron chi connectivity index (χ0n) is 11.9. The fourth-order valence-corrected chi connectivity index (χ4v) is 2.14. The van der Waals surface area contributed by atoms with Crippen LogP contribution in [-0.4, -0.2) is 12.1 Å². The van der Waals surface area contributed by atoms with Gasteiger partial charge in [-0.25, -0.2) is 9.82 Å². The molecule has 0 unspecified atom stereocenters. The van der Waals surface area contributed by atoms with E-state index in [9.17, 15) is 4.39 Å². The first-order chi connectivity index (χ1) is 9.63. The second-order valence-electron chi connectivity index (χ2n) is 4.70. The van der Waals surface area contributed by atoms with Crippen molar-refractivity contribution in [3.05, 3.63) is 72.2 Å². The summed E-state index contributed by atoms with van der Waals surface area (Å²) in [6.45, 7) is 6.53. The first-order valence-corrected chi connectivity index (χ1v) is 6.56. The van der Waals surface area contributed by atoms with Gasteiger partial charge in [-0.1, -0.05) is 42.5 Å². The molecule has 0 amide bonds. The Morgan fingerprint density at radius 3 is 2.50 bits per heavy atom. The summed E-state index contributed by atoms with van der Waals surface area (Å²) in [5, 5.41) is 1.90. The van der Waals surface area contributed by atoms with E-state index in [2.05, 4.69) is 37.1 Å². The largest absolute Gasteiger partial charge is 0.312 e. The number of nitrogens with one attached hydrogen (secondary N) is 1. The van der Waals surface area contributed by atoms with Gasteiger partial charge in [0.2, 0.25) is 0 Å². The molecule has 2 aromatic carbocycles. The highest BCUT2D eigenvalue weighted by Crippen LogP contribution is 2.26. The van der Waals surface area contributed by atoms with Crippen LogP contribution in [0.3, 0.4) is 0 Å². The molecule has 104 valence electrons. The van der Waals surface area contributed by atoms with Crippen molar-refractivity contribution < 1.29 is 4.39 Å². The van der Waals surface area contributed by atoms with E-state index >= 15 is 0 Å². The van der Waals surface area contributed by atoms with E-state index in [1.165, 1.54) is 17.7 Å². The Bertz CT molecular complexity index is 590. The van der Waals surface area contributed by atoms with Crippen LogP contribution in [0.1, 0.15) is 11.1 Å². The van der Waals surface area contributed by atoms with Gasteiger partial charge in [0.15, 0.2) is 0 Å². The molecule has 0 fully saturated rings. The van der Waals surface area contributed by atoms with Gasteiger partial charge in [-0.05, 0) is 35.7 Å². The van der Waals surface area contributed by atoms with Gasteiger partial charge in [0.25, 0.3) is 0 Å². The molecule has 0 bridgehead atoms. The highest BCUT2D eigenvalue weighted by Gasteiger charge is 2.08. The zero-order valence-corrected chi connectivity index (χ0v) is 11.9. The third-order valence-corrected chi connectivity index (χ3v) is 3.27. The van der Waals surface area contributed by atoms with Crippen LogP contribution in [0.5, 0.6) is 0 Å². The molecule has 3 heteroatoms. The molecule has 1 N–H and O–H groups in total. The third kappa shape index (κ3) is 3.25. The minimum atomic E-state index is -0.217. The predicted molar refractivity (Wildman–Crippen MR) is 81.4 cm³/mol. The quantitative estimate of drug-likeness (QED) is 0.829. The van der Waals surface area contributed by atoms with Crippen LogP contribution in [-0.2, 0) is 6.54 Å². The fourth-order valence-electron chi connectivity index (χ4n) is 2.14. The van der Waals surface area contributed by atoms with E-state index < -0.39 is 0 Å². The molecule has 2 aromatic rings. The fraction of sp³-hybridized carbons (Fsp3) is 0.176. The molecule has 0 aromatic heterocycles. The van der Waals surface area contributed by atoms with Crippen molar-refractivity contribution in [3.63, 3.8) is 0 Å². The number of rotatable bonds is 5. The van der Waals surface area contributed by atoms with Gasteiger partial charge in [-0.3, -0.25) is 0 Å². The summed E-state index contributed by atoms with van der Waals surface area (Å²) in [7, 11) is 1.85. The Kier molecular flexibility index (Phi) is 4.53. The van der Waals surface area contributed by atoms with E-state index in [0.717, 1.165) is 16.7 Å². The van der Waals surface area contributed by atoms with Crippen LogP contribution in [0.4, 0.5) is 4.39 Å². The highest BCUT2D eigenvalue weighted by molar-refractivity contribution is 5.68. The molecule has 0 saturated carbocycles. The number of nitrogens with zero attached hydrogens (tertiary/aromatic N) is 1. The third-order valence-electron chi connectivity index (χ3n) is 3.27. The van der Waals surface area contributed by atoms with Crippen LogP contribution < -0.4 is 5.43 Å². The SMILES string of the molecule is C=CN(Cc1ccc(C)cc1-c1ccc(F)cc1)NC. The van der Waals surface area contributed by atoms with Crippen LogP contribution in [0.25, 0.3) is 11.1 Å². The standard InChI is InChI=1S/C17H19FN2/c1-4-20(19-3)12-15-6-5-13(2)11-17(15)14-7-9-16(18)10-8-14/h4-11,19H,1,12H2,2-3H3.